The van der Waals surface area contributed by atoms with Crippen molar-refractivity contribution in [2.45, 2.75) is 25.0 Å². The van der Waals surface area contributed by atoms with Gasteiger partial charge in [0.15, 0.2) is 11.5 Å². The molecule has 2 heterocycles. The van der Waals surface area contributed by atoms with Crippen molar-refractivity contribution in [3.63, 3.8) is 0 Å². The molecule has 148 valence electrons. The summed E-state index contributed by atoms with van der Waals surface area (Å²) in [5, 5.41) is 0. The fraction of sp³-hybridized carbons (Fsp3) is 0.381. The van der Waals surface area contributed by atoms with Gasteiger partial charge in [-0.15, -0.1) is 0 Å². The first-order valence-corrected chi connectivity index (χ1v) is 9.23. The number of carbonyl (C=O) groups is 1. The van der Waals surface area contributed by atoms with E-state index in [1.54, 1.807) is 38.4 Å². The van der Waals surface area contributed by atoms with E-state index in [1.165, 1.54) is 12.1 Å². The number of fused-ring (bicyclic) bond motifs is 1. The molecular formula is C21H23FN2O4. The first-order valence-electron chi connectivity index (χ1n) is 9.23. The van der Waals surface area contributed by atoms with Crippen molar-refractivity contribution >= 4 is 11.6 Å². The van der Waals surface area contributed by atoms with Crippen molar-refractivity contribution in [1.29, 1.82) is 0 Å². The van der Waals surface area contributed by atoms with Crippen LogP contribution in [0, 0.1) is 5.82 Å². The van der Waals surface area contributed by atoms with Crippen LogP contribution in [0.5, 0.6) is 17.2 Å². The molecule has 2 fully saturated rings. The Morgan fingerprint density at radius 2 is 1.64 bits per heavy atom. The lowest BCUT2D eigenvalue weighted by Gasteiger charge is -2.30. The molecule has 0 N–H and O–H groups in total. The lowest BCUT2D eigenvalue weighted by atomic mass is 10.1. The van der Waals surface area contributed by atoms with Crippen molar-refractivity contribution in [1.82, 2.24) is 4.90 Å². The molecule has 0 radical (unpaired) electrons. The number of benzene rings is 2. The van der Waals surface area contributed by atoms with Gasteiger partial charge in [0.1, 0.15) is 12.0 Å². The maximum Gasteiger partial charge on any atom is 0.246 e. The molecule has 2 aromatic carbocycles. The second kappa shape index (κ2) is 7.31. The zero-order valence-electron chi connectivity index (χ0n) is 16.1. The van der Waals surface area contributed by atoms with Gasteiger partial charge >= 0.3 is 0 Å². The molecule has 6 nitrogen and oxygen atoms in total. The molecule has 2 aromatic rings. The highest BCUT2D eigenvalue weighted by Gasteiger charge is 2.49. The average molecular weight is 386 g/mol. The Labute approximate surface area is 163 Å². The highest BCUT2D eigenvalue weighted by molar-refractivity contribution is 6.00. The van der Waals surface area contributed by atoms with Crippen molar-refractivity contribution in [3.05, 3.63) is 47.8 Å². The van der Waals surface area contributed by atoms with E-state index in [1.807, 2.05) is 12.1 Å². The van der Waals surface area contributed by atoms with Gasteiger partial charge in [0, 0.05) is 12.2 Å². The number of rotatable bonds is 5. The summed E-state index contributed by atoms with van der Waals surface area (Å²) in [4.78, 5) is 17.1. The highest BCUT2D eigenvalue weighted by atomic mass is 19.1. The van der Waals surface area contributed by atoms with Crippen molar-refractivity contribution in [3.8, 4) is 17.2 Å². The number of anilines is 1. The zero-order valence-corrected chi connectivity index (χ0v) is 16.1. The van der Waals surface area contributed by atoms with Gasteiger partial charge in [-0.25, -0.2) is 4.39 Å². The van der Waals surface area contributed by atoms with E-state index in [-0.39, 0.29) is 23.9 Å². The SMILES string of the molecule is COc1cc([C@H]2N(c3ccc(F)cc3)C(=O)[C@@H]3CCCN32)cc(OC)c1OC. The maximum atomic E-state index is 13.4. The smallest absolute Gasteiger partial charge is 0.246 e. The van der Waals surface area contributed by atoms with E-state index >= 15 is 0 Å². The van der Waals surface area contributed by atoms with E-state index < -0.39 is 0 Å². The molecule has 0 aliphatic carbocycles. The Kier molecular flexibility index (Phi) is 4.85. The molecule has 0 bridgehead atoms. The summed E-state index contributed by atoms with van der Waals surface area (Å²) in [5.41, 5.74) is 1.52. The third-order valence-electron chi connectivity index (χ3n) is 5.47. The first kappa shape index (κ1) is 18.6. The summed E-state index contributed by atoms with van der Waals surface area (Å²) in [6.45, 7) is 0.815. The Hall–Kier alpha value is -2.80. The van der Waals surface area contributed by atoms with Gasteiger partial charge in [0.05, 0.1) is 27.4 Å². The van der Waals surface area contributed by atoms with Crippen LogP contribution in [-0.4, -0.2) is 44.7 Å². The molecule has 28 heavy (non-hydrogen) atoms. The lowest BCUT2D eigenvalue weighted by molar-refractivity contribution is -0.119. The van der Waals surface area contributed by atoms with Gasteiger partial charge in [0.25, 0.3) is 0 Å². The molecule has 0 spiro atoms. The van der Waals surface area contributed by atoms with E-state index in [0.29, 0.717) is 22.9 Å². The molecule has 0 unspecified atom stereocenters. The van der Waals surface area contributed by atoms with Gasteiger partial charge in [-0.3, -0.25) is 14.6 Å². The van der Waals surface area contributed by atoms with E-state index in [0.717, 1.165) is 24.9 Å². The molecule has 0 saturated carbocycles. The van der Waals surface area contributed by atoms with Crippen LogP contribution < -0.4 is 19.1 Å². The molecule has 2 aliphatic rings. The second-order valence-electron chi connectivity index (χ2n) is 6.91. The molecule has 1 amide bonds. The van der Waals surface area contributed by atoms with Crippen LogP contribution in [0.1, 0.15) is 24.6 Å². The fourth-order valence-electron chi connectivity index (χ4n) is 4.24. The van der Waals surface area contributed by atoms with Crippen LogP contribution in [0.15, 0.2) is 36.4 Å². The van der Waals surface area contributed by atoms with Crippen molar-refractivity contribution in [2.75, 3.05) is 32.8 Å². The maximum absolute atomic E-state index is 13.4. The average Bonchev–Trinajstić information content (AvgIpc) is 3.29. The quantitative estimate of drug-likeness (QED) is 0.789. The van der Waals surface area contributed by atoms with Gasteiger partial charge < -0.3 is 14.2 Å². The summed E-state index contributed by atoms with van der Waals surface area (Å²) >= 11 is 0. The standard InChI is InChI=1S/C21H23FN2O4/c1-26-17-11-13(12-18(27-2)19(17)28-3)20-23-10-4-5-16(23)21(25)24(20)15-8-6-14(22)7-9-15/h6-9,11-12,16,20H,4-5,10H2,1-3H3/t16-,20+/m0/s1. The second-order valence-corrected chi connectivity index (χ2v) is 6.91. The Bertz CT molecular complexity index is 861. The number of carbonyl (C=O) groups excluding carboxylic acids is 1. The predicted octanol–water partition coefficient (Wildman–Crippen LogP) is 3.36. The number of hydrogen-bond acceptors (Lipinski definition) is 5. The third-order valence-corrected chi connectivity index (χ3v) is 5.47. The fourth-order valence-corrected chi connectivity index (χ4v) is 4.24. The molecule has 0 aromatic heterocycles. The molecule has 2 aliphatic heterocycles. The van der Waals surface area contributed by atoms with Crippen LogP contribution in [0.2, 0.25) is 0 Å². The topological polar surface area (TPSA) is 51.2 Å². The van der Waals surface area contributed by atoms with Crippen LogP contribution in [-0.2, 0) is 4.79 Å². The highest BCUT2D eigenvalue weighted by Crippen LogP contribution is 2.46. The van der Waals surface area contributed by atoms with Gasteiger partial charge in [-0.2, -0.15) is 0 Å². The Morgan fingerprint density at radius 3 is 2.21 bits per heavy atom. The van der Waals surface area contributed by atoms with Crippen molar-refractivity contribution < 1.29 is 23.4 Å². The first-order chi connectivity index (χ1) is 13.6. The summed E-state index contributed by atoms with van der Waals surface area (Å²) in [6, 6.07) is 9.60. The number of ether oxygens (including phenoxy) is 3. The van der Waals surface area contributed by atoms with Gasteiger partial charge in [-0.05, 0) is 54.8 Å². The Morgan fingerprint density at radius 1 is 1.00 bits per heavy atom. The Balaban J connectivity index is 1.85. The summed E-state index contributed by atoms with van der Waals surface area (Å²) in [7, 11) is 4.69. The normalized spacial score (nSPS) is 21.7. The van der Waals surface area contributed by atoms with Crippen LogP contribution >= 0.6 is 0 Å². The largest absolute Gasteiger partial charge is 0.493 e. The van der Waals surface area contributed by atoms with Crippen LogP contribution in [0.3, 0.4) is 0 Å². The summed E-state index contributed by atoms with van der Waals surface area (Å²) in [5.74, 6) is 1.27. The van der Waals surface area contributed by atoms with E-state index in [9.17, 15) is 9.18 Å². The van der Waals surface area contributed by atoms with Crippen molar-refractivity contribution in [2.24, 2.45) is 0 Å². The summed E-state index contributed by atoms with van der Waals surface area (Å²) < 4.78 is 29.9. The molecule has 2 saturated heterocycles. The van der Waals surface area contributed by atoms with Gasteiger partial charge in [0.2, 0.25) is 11.7 Å². The lowest BCUT2D eigenvalue weighted by Crippen LogP contribution is -2.32. The molecule has 7 heteroatoms. The minimum atomic E-state index is -0.333. The summed E-state index contributed by atoms with van der Waals surface area (Å²) in [6.07, 6.45) is 1.46. The predicted molar refractivity (Wildman–Crippen MR) is 102 cm³/mol. The van der Waals surface area contributed by atoms with Gasteiger partial charge in [-0.1, -0.05) is 0 Å². The number of nitrogens with zero attached hydrogens (tertiary/aromatic N) is 2. The molecule has 2 atom stereocenters. The number of amides is 1. The third kappa shape index (κ3) is 2.86. The number of hydrogen-bond donors (Lipinski definition) is 0. The monoisotopic (exact) mass is 386 g/mol. The minimum absolute atomic E-state index is 0.0304. The minimum Gasteiger partial charge on any atom is -0.493 e. The number of halogens is 1. The van der Waals surface area contributed by atoms with Crippen LogP contribution in [0.4, 0.5) is 10.1 Å². The molecular weight excluding hydrogens is 363 g/mol. The van der Waals surface area contributed by atoms with Crippen LogP contribution in [0.25, 0.3) is 0 Å². The number of methoxy groups -OCH3 is 3. The zero-order chi connectivity index (χ0) is 19.8. The molecule has 4 rings (SSSR count). The van der Waals surface area contributed by atoms with E-state index in [2.05, 4.69) is 4.90 Å². The van der Waals surface area contributed by atoms with E-state index in [4.69, 9.17) is 14.2 Å².